The van der Waals surface area contributed by atoms with E-state index in [9.17, 15) is 14.0 Å². The number of rotatable bonds is 4. The van der Waals surface area contributed by atoms with E-state index in [1.165, 1.54) is 12.1 Å². The van der Waals surface area contributed by atoms with E-state index in [0.29, 0.717) is 31.6 Å². The summed E-state index contributed by atoms with van der Waals surface area (Å²) in [5, 5.41) is 6.35. The summed E-state index contributed by atoms with van der Waals surface area (Å²) in [6, 6.07) is 6.43. The van der Waals surface area contributed by atoms with Crippen molar-refractivity contribution in [1.29, 1.82) is 0 Å². The van der Waals surface area contributed by atoms with Gasteiger partial charge in [0.25, 0.3) is 0 Å². The number of anilines is 1. The van der Waals surface area contributed by atoms with Crippen molar-refractivity contribution < 1.29 is 14.0 Å². The number of likely N-dealkylation sites (tertiary alicyclic amines) is 1. The molecule has 3 rings (SSSR count). The number of amides is 2. The van der Waals surface area contributed by atoms with Gasteiger partial charge in [-0.15, -0.1) is 0 Å². The second kappa shape index (κ2) is 6.89. The summed E-state index contributed by atoms with van der Waals surface area (Å²) in [4.78, 5) is 27.3. The molecule has 5 nitrogen and oxygen atoms in total. The zero-order valence-corrected chi connectivity index (χ0v) is 15.8. The van der Waals surface area contributed by atoms with Crippen molar-refractivity contribution in [3.63, 3.8) is 0 Å². The van der Waals surface area contributed by atoms with Crippen LogP contribution in [0, 0.1) is 11.2 Å². The van der Waals surface area contributed by atoms with Gasteiger partial charge in [0.2, 0.25) is 11.8 Å². The zero-order chi connectivity index (χ0) is 18.9. The Hall–Kier alpha value is -2.11. The Morgan fingerprint density at radius 1 is 1.19 bits per heavy atom. The molecule has 1 saturated heterocycles. The van der Waals surface area contributed by atoms with Gasteiger partial charge in [-0.05, 0) is 43.9 Å². The van der Waals surface area contributed by atoms with Gasteiger partial charge in [-0.25, -0.2) is 4.39 Å². The van der Waals surface area contributed by atoms with E-state index in [1.54, 1.807) is 12.1 Å². The third-order valence-electron chi connectivity index (χ3n) is 5.10. The molecular weight excluding hydrogens is 333 g/mol. The van der Waals surface area contributed by atoms with Crippen LogP contribution in [0.2, 0.25) is 0 Å². The Labute approximate surface area is 154 Å². The fourth-order valence-corrected chi connectivity index (χ4v) is 3.37. The number of hydrogen-bond donors (Lipinski definition) is 2. The average Bonchev–Trinajstić information content (AvgIpc) is 3.38. The maximum atomic E-state index is 13.6. The number of piperidine rings is 1. The molecule has 1 aliphatic carbocycles. The molecule has 142 valence electrons. The first-order valence-electron chi connectivity index (χ1n) is 9.34. The first-order chi connectivity index (χ1) is 12.2. The van der Waals surface area contributed by atoms with Gasteiger partial charge in [-0.3, -0.25) is 9.59 Å². The lowest BCUT2D eigenvalue weighted by Crippen LogP contribution is -2.60. The molecule has 2 N–H and O–H groups in total. The van der Waals surface area contributed by atoms with Crippen LogP contribution in [0.25, 0.3) is 0 Å². The smallest absolute Gasteiger partial charge is 0.246 e. The molecule has 0 bridgehead atoms. The Kier molecular flexibility index (Phi) is 4.95. The summed E-state index contributed by atoms with van der Waals surface area (Å²) in [7, 11) is 0. The van der Waals surface area contributed by atoms with Crippen LogP contribution in [0.5, 0.6) is 0 Å². The first kappa shape index (κ1) is 18.7. The van der Waals surface area contributed by atoms with Gasteiger partial charge in [-0.1, -0.05) is 26.8 Å². The zero-order valence-electron chi connectivity index (χ0n) is 15.8. The van der Waals surface area contributed by atoms with Gasteiger partial charge in [-0.2, -0.15) is 0 Å². The average molecular weight is 361 g/mol. The summed E-state index contributed by atoms with van der Waals surface area (Å²) in [6.07, 6.45) is 3.03. The maximum absolute atomic E-state index is 13.6. The van der Waals surface area contributed by atoms with Crippen molar-refractivity contribution in [2.45, 2.75) is 58.0 Å². The molecule has 1 aromatic carbocycles. The van der Waals surface area contributed by atoms with E-state index in [1.807, 2.05) is 25.7 Å². The number of carbonyl (C=O) groups is 2. The molecule has 1 aromatic rings. The molecule has 0 unspecified atom stereocenters. The molecule has 2 aliphatic rings. The topological polar surface area (TPSA) is 61.4 Å². The quantitative estimate of drug-likeness (QED) is 0.867. The summed E-state index contributed by atoms with van der Waals surface area (Å²) >= 11 is 0. The molecule has 1 saturated carbocycles. The minimum Gasteiger partial charge on any atom is -0.371 e. The normalized spacial score (nSPS) is 19.8. The molecule has 26 heavy (non-hydrogen) atoms. The summed E-state index contributed by atoms with van der Waals surface area (Å²) in [6.45, 7) is 6.74. The summed E-state index contributed by atoms with van der Waals surface area (Å²) in [5.41, 5.74) is -0.663. The molecule has 0 aromatic heterocycles. The lowest BCUT2D eigenvalue weighted by Gasteiger charge is -2.43. The van der Waals surface area contributed by atoms with Crippen molar-refractivity contribution in [2.24, 2.45) is 5.41 Å². The van der Waals surface area contributed by atoms with E-state index in [2.05, 4.69) is 10.6 Å². The highest BCUT2D eigenvalue weighted by atomic mass is 19.1. The van der Waals surface area contributed by atoms with Crippen LogP contribution < -0.4 is 10.6 Å². The van der Waals surface area contributed by atoms with Crippen LogP contribution in [0.4, 0.5) is 10.1 Å². The SMILES string of the molecule is CC(C)(C)C(=O)N1CCC(Nc2cccc(F)c2)(C(=O)NC2CC2)CC1. The number of carbonyl (C=O) groups excluding carboxylic acids is 2. The maximum Gasteiger partial charge on any atom is 0.246 e. The van der Waals surface area contributed by atoms with Crippen molar-refractivity contribution >= 4 is 17.5 Å². The largest absolute Gasteiger partial charge is 0.371 e. The standard InChI is InChI=1S/C20H28FN3O2/c1-19(2,3)18(26)24-11-9-20(10-12-24,17(25)22-15-7-8-15)23-16-6-4-5-14(21)13-16/h4-6,13,15,23H,7-12H2,1-3H3,(H,22,25). The van der Waals surface area contributed by atoms with Gasteiger partial charge >= 0.3 is 0 Å². The van der Waals surface area contributed by atoms with E-state index < -0.39 is 11.0 Å². The molecule has 0 radical (unpaired) electrons. The third-order valence-corrected chi connectivity index (χ3v) is 5.10. The Bertz CT molecular complexity index is 687. The second-order valence-corrected chi connectivity index (χ2v) is 8.51. The van der Waals surface area contributed by atoms with Gasteiger partial charge in [0.1, 0.15) is 11.4 Å². The molecule has 1 aliphatic heterocycles. The minimum absolute atomic E-state index is 0.0490. The van der Waals surface area contributed by atoms with Gasteiger partial charge in [0, 0.05) is 30.2 Å². The third kappa shape index (κ3) is 4.17. The van der Waals surface area contributed by atoms with Crippen LogP contribution >= 0.6 is 0 Å². The van der Waals surface area contributed by atoms with Gasteiger partial charge in [0.05, 0.1) is 0 Å². The van der Waals surface area contributed by atoms with Crippen LogP contribution in [-0.4, -0.2) is 41.4 Å². The lowest BCUT2D eigenvalue weighted by molar-refractivity contribution is -0.142. The van der Waals surface area contributed by atoms with Crippen LogP contribution in [0.3, 0.4) is 0 Å². The molecular formula is C20H28FN3O2. The number of nitrogens with one attached hydrogen (secondary N) is 2. The fraction of sp³-hybridized carbons (Fsp3) is 0.600. The highest BCUT2D eigenvalue weighted by Gasteiger charge is 2.44. The first-order valence-corrected chi connectivity index (χ1v) is 9.34. The molecule has 2 amide bonds. The summed E-state index contributed by atoms with van der Waals surface area (Å²) < 4.78 is 13.6. The second-order valence-electron chi connectivity index (χ2n) is 8.51. The number of benzene rings is 1. The monoisotopic (exact) mass is 361 g/mol. The van der Waals surface area contributed by atoms with E-state index >= 15 is 0 Å². The molecule has 6 heteroatoms. The highest BCUT2D eigenvalue weighted by Crippen LogP contribution is 2.31. The highest BCUT2D eigenvalue weighted by molar-refractivity contribution is 5.90. The lowest BCUT2D eigenvalue weighted by atomic mass is 9.84. The fourth-order valence-electron chi connectivity index (χ4n) is 3.37. The molecule has 0 spiro atoms. The Morgan fingerprint density at radius 3 is 2.38 bits per heavy atom. The van der Waals surface area contributed by atoms with Gasteiger partial charge < -0.3 is 15.5 Å². The number of halogens is 1. The number of nitrogens with zero attached hydrogens (tertiary/aromatic N) is 1. The predicted octanol–water partition coefficient (Wildman–Crippen LogP) is 2.92. The van der Waals surface area contributed by atoms with Gasteiger partial charge in [0.15, 0.2) is 0 Å². The van der Waals surface area contributed by atoms with E-state index in [4.69, 9.17) is 0 Å². The number of hydrogen-bond acceptors (Lipinski definition) is 3. The predicted molar refractivity (Wildman–Crippen MR) is 99.2 cm³/mol. The molecule has 0 atom stereocenters. The minimum atomic E-state index is -0.814. The van der Waals surface area contributed by atoms with E-state index in [0.717, 1.165) is 12.8 Å². The summed E-state index contributed by atoms with van der Waals surface area (Å²) in [5.74, 6) is -0.292. The Morgan fingerprint density at radius 2 is 1.85 bits per heavy atom. The van der Waals surface area contributed by atoms with E-state index in [-0.39, 0.29) is 23.7 Å². The Balaban J connectivity index is 1.76. The van der Waals surface area contributed by atoms with Crippen molar-refractivity contribution in [3.8, 4) is 0 Å². The van der Waals surface area contributed by atoms with Crippen LogP contribution in [0.1, 0.15) is 46.5 Å². The van der Waals surface area contributed by atoms with Crippen molar-refractivity contribution in [1.82, 2.24) is 10.2 Å². The molecule has 2 fully saturated rings. The van der Waals surface area contributed by atoms with Crippen molar-refractivity contribution in [2.75, 3.05) is 18.4 Å². The van der Waals surface area contributed by atoms with Crippen LogP contribution in [0.15, 0.2) is 24.3 Å². The van der Waals surface area contributed by atoms with Crippen molar-refractivity contribution in [3.05, 3.63) is 30.1 Å². The van der Waals surface area contributed by atoms with Crippen LogP contribution in [-0.2, 0) is 9.59 Å². The molecule has 1 heterocycles.